The summed E-state index contributed by atoms with van der Waals surface area (Å²) in [5, 5.41) is 9.30. The van der Waals surface area contributed by atoms with E-state index in [9.17, 15) is 31.5 Å². The van der Waals surface area contributed by atoms with Crippen LogP contribution in [0.5, 0.6) is 0 Å². The number of hydrogen-bond acceptors (Lipinski definition) is 8. The molecule has 2 saturated carbocycles. The number of fused-ring (bicyclic) bond motifs is 1. The second kappa shape index (κ2) is 15.5. The van der Waals surface area contributed by atoms with Crippen molar-refractivity contribution in [2.45, 2.75) is 83.7 Å². The van der Waals surface area contributed by atoms with Gasteiger partial charge in [0, 0.05) is 39.8 Å². The first-order valence-electron chi connectivity index (χ1n) is 13.0. The number of H-pyrrole nitrogens is 1. The number of carbonyl (C=O) groups excluding carboxylic acids is 2. The molecule has 2 fully saturated rings. The van der Waals surface area contributed by atoms with Gasteiger partial charge in [0.25, 0.3) is 5.91 Å². The molecule has 2 aliphatic carbocycles. The van der Waals surface area contributed by atoms with Crippen molar-refractivity contribution in [1.82, 2.24) is 25.6 Å². The Kier molecular flexibility index (Phi) is 12.8. The largest absolute Gasteiger partial charge is 0.414 e. The maximum Gasteiger partial charge on any atom is 0.414 e. The minimum Gasteiger partial charge on any atom is -0.381 e. The minimum absolute atomic E-state index is 0.0702. The number of primary amides is 1. The number of methoxy groups -OCH3 is 1. The number of benzene rings is 1. The molecular weight excluding hydrogens is 571 g/mol. The van der Waals surface area contributed by atoms with E-state index in [2.05, 4.69) is 30.2 Å². The van der Waals surface area contributed by atoms with Crippen molar-refractivity contribution in [2.75, 3.05) is 13.7 Å². The maximum absolute atomic E-state index is 12.3. The molecule has 2 heterocycles. The number of nitrogens with zero attached hydrogens (tertiary/aromatic N) is 3. The standard InChI is InChI=1S/C15H18F3N3O2.C4H5N3O2.C4H8O.C3H4F2/c1-9(15(16,17)18)23-6-5-14-20-12-4-3-11(7-13(12)21-14)8-19-10(2)22;1-2-3(4(5)8)7-9-6-2;1-5-4-2-3-4;4-3(5)1-2-3/h3-4,7,9H,5-6,8H2,1-2H3,(H,19,22)(H,20,21);1H3,(H2,5,8);4H,2-3H2,1H3;1-2H2. The summed E-state index contributed by atoms with van der Waals surface area (Å²) >= 11 is 0. The summed E-state index contributed by atoms with van der Waals surface area (Å²) in [5.41, 5.74) is 7.76. The van der Waals surface area contributed by atoms with Gasteiger partial charge in [0.15, 0.2) is 11.8 Å². The lowest BCUT2D eigenvalue weighted by Gasteiger charge is -2.15. The topological polar surface area (TPSA) is 158 Å². The first kappa shape index (κ1) is 34.5. The Morgan fingerprint density at radius 3 is 2.29 bits per heavy atom. The average Bonchev–Trinajstić information content (AvgIpc) is 3.78. The zero-order valence-electron chi connectivity index (χ0n) is 23.7. The average molecular weight is 607 g/mol. The van der Waals surface area contributed by atoms with E-state index in [0.29, 0.717) is 24.2 Å². The van der Waals surface area contributed by atoms with Crippen molar-refractivity contribution in [3.8, 4) is 0 Å². The van der Waals surface area contributed by atoms with E-state index < -0.39 is 24.1 Å². The van der Waals surface area contributed by atoms with Crippen LogP contribution in [0.25, 0.3) is 11.0 Å². The highest BCUT2D eigenvalue weighted by atomic mass is 19.4. The maximum atomic E-state index is 12.3. The highest BCUT2D eigenvalue weighted by molar-refractivity contribution is 5.91. The number of alkyl halides is 5. The van der Waals surface area contributed by atoms with Crippen LogP contribution in [-0.2, 0) is 27.2 Å². The van der Waals surface area contributed by atoms with Crippen molar-refractivity contribution in [1.29, 1.82) is 0 Å². The van der Waals surface area contributed by atoms with Gasteiger partial charge in [0.2, 0.25) is 11.8 Å². The monoisotopic (exact) mass is 606 g/mol. The molecule has 3 aromatic rings. The number of ether oxygens (including phenoxy) is 2. The van der Waals surface area contributed by atoms with E-state index in [1.54, 1.807) is 20.1 Å². The number of rotatable bonds is 8. The Balaban J connectivity index is 0.000000259. The second-order valence-corrected chi connectivity index (χ2v) is 9.60. The molecule has 234 valence electrons. The Hall–Kier alpha value is -3.66. The van der Waals surface area contributed by atoms with Crippen molar-refractivity contribution in [3.63, 3.8) is 0 Å². The zero-order valence-corrected chi connectivity index (χ0v) is 23.7. The van der Waals surface area contributed by atoms with Crippen LogP contribution >= 0.6 is 0 Å². The molecule has 1 atom stereocenters. The van der Waals surface area contributed by atoms with Crippen LogP contribution in [-0.4, -0.2) is 70.1 Å². The van der Waals surface area contributed by atoms with Crippen LogP contribution in [0.4, 0.5) is 22.0 Å². The number of amides is 2. The zero-order chi connectivity index (χ0) is 31.5. The quantitative estimate of drug-likeness (QED) is 0.319. The summed E-state index contributed by atoms with van der Waals surface area (Å²) < 4.78 is 73.1. The highest BCUT2D eigenvalue weighted by Gasteiger charge is 2.43. The van der Waals surface area contributed by atoms with Crippen LogP contribution in [0.1, 0.15) is 67.1 Å². The van der Waals surface area contributed by atoms with Crippen LogP contribution in [0.15, 0.2) is 22.8 Å². The molecule has 16 heteroatoms. The molecular formula is C26H35F5N6O5. The van der Waals surface area contributed by atoms with Gasteiger partial charge in [-0.2, -0.15) is 13.2 Å². The van der Waals surface area contributed by atoms with Crippen molar-refractivity contribution < 1.29 is 45.6 Å². The van der Waals surface area contributed by atoms with E-state index in [-0.39, 0.29) is 37.5 Å². The molecule has 4 N–H and O–H groups in total. The van der Waals surface area contributed by atoms with Crippen LogP contribution in [0.3, 0.4) is 0 Å². The van der Waals surface area contributed by atoms with Gasteiger partial charge in [-0.3, -0.25) is 9.59 Å². The normalized spacial score (nSPS) is 15.6. The molecule has 11 nitrogen and oxygen atoms in total. The number of imidazole rings is 1. The number of nitrogens with one attached hydrogen (secondary N) is 2. The van der Waals surface area contributed by atoms with Gasteiger partial charge in [-0.1, -0.05) is 11.2 Å². The molecule has 0 spiro atoms. The first-order chi connectivity index (χ1) is 19.6. The van der Waals surface area contributed by atoms with E-state index in [4.69, 9.17) is 15.2 Å². The van der Waals surface area contributed by atoms with Gasteiger partial charge in [-0.25, -0.2) is 18.4 Å². The number of halogens is 5. The number of aryl methyl sites for hydroxylation is 1. The summed E-state index contributed by atoms with van der Waals surface area (Å²) in [4.78, 5) is 28.6. The predicted octanol–water partition coefficient (Wildman–Crippen LogP) is 4.40. The molecule has 1 unspecified atom stereocenters. The van der Waals surface area contributed by atoms with E-state index in [1.165, 1.54) is 19.8 Å². The Morgan fingerprint density at radius 2 is 1.88 bits per heavy atom. The molecule has 42 heavy (non-hydrogen) atoms. The fourth-order valence-corrected chi connectivity index (χ4v) is 2.84. The van der Waals surface area contributed by atoms with Gasteiger partial charge < -0.3 is 25.5 Å². The smallest absolute Gasteiger partial charge is 0.381 e. The lowest BCUT2D eigenvalue weighted by molar-refractivity contribution is -0.213. The molecule has 0 aliphatic heterocycles. The first-order valence-corrected chi connectivity index (χ1v) is 13.0. The van der Waals surface area contributed by atoms with Crippen LogP contribution < -0.4 is 11.1 Å². The Labute approximate surface area is 238 Å². The number of aromatic nitrogens is 4. The number of aromatic amines is 1. The molecule has 2 aliphatic rings. The number of hydrogen-bond donors (Lipinski definition) is 3. The lowest BCUT2D eigenvalue weighted by atomic mass is 10.2. The minimum atomic E-state index is -4.35. The van der Waals surface area contributed by atoms with Crippen LogP contribution in [0.2, 0.25) is 0 Å². The highest BCUT2D eigenvalue weighted by Crippen LogP contribution is 2.40. The molecule has 1 aromatic carbocycles. The SMILES string of the molecule is CC(=O)NCc1ccc2nc(CCOC(C)C(F)(F)F)[nH]c2c1.COC1CC1.Cc1nonc1C(N)=O.FC1(F)CC1. The van der Waals surface area contributed by atoms with Crippen molar-refractivity contribution in [2.24, 2.45) is 5.73 Å². The second-order valence-electron chi connectivity index (χ2n) is 9.60. The fraction of sp³-hybridized carbons (Fsp3) is 0.577. The molecule has 5 rings (SSSR count). The lowest BCUT2D eigenvalue weighted by Crippen LogP contribution is -2.29. The summed E-state index contributed by atoms with van der Waals surface area (Å²) in [6.07, 6.45) is -2.44. The summed E-state index contributed by atoms with van der Waals surface area (Å²) in [6, 6.07) is 5.48. The Morgan fingerprint density at radius 1 is 1.24 bits per heavy atom. The fourth-order valence-electron chi connectivity index (χ4n) is 2.84. The summed E-state index contributed by atoms with van der Waals surface area (Å²) in [6.45, 7) is 4.35. The van der Waals surface area contributed by atoms with Crippen LogP contribution in [0, 0.1) is 6.92 Å². The predicted molar refractivity (Wildman–Crippen MR) is 141 cm³/mol. The third kappa shape index (κ3) is 13.3. The van der Waals surface area contributed by atoms with Crippen molar-refractivity contribution in [3.05, 3.63) is 41.0 Å². The summed E-state index contributed by atoms with van der Waals surface area (Å²) in [7, 11) is 1.76. The number of carbonyl (C=O) groups is 2. The van der Waals surface area contributed by atoms with Gasteiger partial charge >= 0.3 is 6.18 Å². The molecule has 0 bridgehead atoms. The van der Waals surface area contributed by atoms with Gasteiger partial charge in [-0.05, 0) is 49.5 Å². The van der Waals surface area contributed by atoms with E-state index >= 15 is 0 Å². The molecule has 0 saturated heterocycles. The third-order valence-corrected chi connectivity index (χ3v) is 5.68. The molecule has 2 aromatic heterocycles. The van der Waals surface area contributed by atoms with Gasteiger partial charge in [-0.15, -0.1) is 0 Å². The van der Waals surface area contributed by atoms with E-state index in [1.807, 2.05) is 12.1 Å². The molecule has 2 amide bonds. The van der Waals surface area contributed by atoms with Gasteiger partial charge in [0.1, 0.15) is 11.5 Å². The summed E-state index contributed by atoms with van der Waals surface area (Å²) in [5.74, 6) is -2.42. The van der Waals surface area contributed by atoms with Gasteiger partial charge in [0.05, 0.1) is 23.7 Å². The van der Waals surface area contributed by atoms with Crippen molar-refractivity contribution >= 4 is 22.8 Å². The number of nitrogens with two attached hydrogens (primary N) is 1. The molecule has 0 radical (unpaired) electrons. The third-order valence-electron chi connectivity index (χ3n) is 5.68. The van der Waals surface area contributed by atoms with E-state index in [0.717, 1.165) is 23.5 Å². The Bertz CT molecular complexity index is 1290.